The van der Waals surface area contributed by atoms with Gasteiger partial charge in [-0.15, -0.1) is 0 Å². The molecule has 0 spiro atoms. The first kappa shape index (κ1) is 13.5. The largest absolute Gasteiger partial charge is 0.355 e. The summed E-state index contributed by atoms with van der Waals surface area (Å²) in [5, 5.41) is 6.34. The molecule has 0 aliphatic carbocycles. The van der Waals surface area contributed by atoms with Gasteiger partial charge in [0, 0.05) is 32.2 Å². The van der Waals surface area contributed by atoms with Crippen LogP contribution in [0.1, 0.15) is 33.6 Å². The van der Waals surface area contributed by atoms with E-state index < -0.39 is 0 Å². The Hall–Kier alpha value is -0.610. The third-order valence-electron chi connectivity index (χ3n) is 3.26. The quantitative estimate of drug-likeness (QED) is 0.676. The van der Waals surface area contributed by atoms with Crippen LogP contribution in [-0.2, 0) is 4.79 Å². The number of piperazine rings is 1. The Bertz CT molecular complexity index is 220. The maximum absolute atomic E-state index is 11.9. The number of carbonyl (C=O) groups is 1. The van der Waals surface area contributed by atoms with Crippen molar-refractivity contribution in [3.63, 3.8) is 0 Å². The number of amides is 1. The summed E-state index contributed by atoms with van der Waals surface area (Å²) in [5.74, 6) is 0.169. The van der Waals surface area contributed by atoms with Crippen molar-refractivity contribution >= 4 is 5.91 Å². The monoisotopic (exact) mass is 227 g/mol. The first-order chi connectivity index (χ1) is 7.66. The lowest BCUT2D eigenvalue weighted by molar-refractivity contribution is -0.127. The van der Waals surface area contributed by atoms with Crippen molar-refractivity contribution < 1.29 is 4.79 Å². The fourth-order valence-electron chi connectivity index (χ4n) is 2.12. The Balaban J connectivity index is 2.36. The molecular weight excluding hydrogens is 202 g/mol. The van der Waals surface area contributed by atoms with Gasteiger partial charge in [0.2, 0.25) is 5.91 Å². The van der Waals surface area contributed by atoms with Crippen molar-refractivity contribution in [2.24, 2.45) is 0 Å². The highest BCUT2D eigenvalue weighted by molar-refractivity contribution is 5.81. The van der Waals surface area contributed by atoms with Crippen LogP contribution < -0.4 is 10.6 Å². The topological polar surface area (TPSA) is 44.4 Å². The molecule has 0 radical (unpaired) electrons. The van der Waals surface area contributed by atoms with Crippen LogP contribution in [0.25, 0.3) is 0 Å². The van der Waals surface area contributed by atoms with Gasteiger partial charge in [-0.3, -0.25) is 9.69 Å². The Morgan fingerprint density at radius 2 is 2.38 bits per heavy atom. The van der Waals surface area contributed by atoms with E-state index in [0.717, 1.165) is 39.0 Å². The lowest BCUT2D eigenvalue weighted by Crippen LogP contribution is -2.57. The molecule has 16 heavy (non-hydrogen) atoms. The number of hydrogen-bond donors (Lipinski definition) is 2. The molecule has 4 nitrogen and oxygen atoms in total. The van der Waals surface area contributed by atoms with E-state index in [0.29, 0.717) is 6.04 Å². The number of nitrogens with zero attached hydrogens (tertiary/aromatic N) is 1. The molecule has 1 rings (SSSR count). The van der Waals surface area contributed by atoms with Gasteiger partial charge in [-0.1, -0.05) is 13.3 Å². The van der Waals surface area contributed by atoms with Crippen LogP contribution in [0.4, 0.5) is 0 Å². The Kier molecular flexibility index (Phi) is 5.77. The third-order valence-corrected chi connectivity index (χ3v) is 3.26. The first-order valence-corrected chi connectivity index (χ1v) is 6.41. The fraction of sp³-hybridized carbons (Fsp3) is 0.917. The molecule has 4 heteroatoms. The molecule has 0 saturated carbocycles. The zero-order valence-electron chi connectivity index (χ0n) is 10.8. The molecule has 0 bridgehead atoms. The molecule has 1 saturated heterocycles. The number of nitrogens with one attached hydrogen (secondary N) is 2. The second-order valence-corrected chi connectivity index (χ2v) is 4.61. The van der Waals surface area contributed by atoms with Crippen molar-refractivity contribution in [3.05, 3.63) is 0 Å². The van der Waals surface area contributed by atoms with Crippen LogP contribution in [0, 0.1) is 0 Å². The number of carbonyl (C=O) groups excluding carboxylic acids is 1. The van der Waals surface area contributed by atoms with Crippen molar-refractivity contribution in [2.75, 3.05) is 26.2 Å². The third kappa shape index (κ3) is 3.76. The molecule has 2 atom stereocenters. The van der Waals surface area contributed by atoms with Gasteiger partial charge in [-0.25, -0.2) is 0 Å². The van der Waals surface area contributed by atoms with E-state index in [2.05, 4.69) is 29.4 Å². The SMILES string of the molecule is CCCCNC(=O)C(C)N1CCNCC1C. The highest BCUT2D eigenvalue weighted by Gasteiger charge is 2.26. The highest BCUT2D eigenvalue weighted by atomic mass is 16.2. The average Bonchev–Trinajstić information content (AvgIpc) is 2.29. The van der Waals surface area contributed by atoms with E-state index in [1.165, 1.54) is 0 Å². The summed E-state index contributed by atoms with van der Waals surface area (Å²) in [6.07, 6.45) is 2.19. The smallest absolute Gasteiger partial charge is 0.237 e. The van der Waals surface area contributed by atoms with Gasteiger partial charge in [0.25, 0.3) is 0 Å². The van der Waals surface area contributed by atoms with Crippen LogP contribution in [0.15, 0.2) is 0 Å². The molecule has 1 fully saturated rings. The summed E-state index contributed by atoms with van der Waals surface area (Å²) in [4.78, 5) is 14.2. The summed E-state index contributed by atoms with van der Waals surface area (Å²) in [6.45, 7) is 10.0. The molecule has 2 N–H and O–H groups in total. The van der Waals surface area contributed by atoms with E-state index in [1.807, 2.05) is 6.92 Å². The van der Waals surface area contributed by atoms with Gasteiger partial charge >= 0.3 is 0 Å². The minimum Gasteiger partial charge on any atom is -0.355 e. The molecule has 1 heterocycles. The van der Waals surface area contributed by atoms with E-state index >= 15 is 0 Å². The second kappa shape index (κ2) is 6.86. The van der Waals surface area contributed by atoms with Crippen LogP contribution in [0.5, 0.6) is 0 Å². The van der Waals surface area contributed by atoms with Crippen molar-refractivity contribution in [1.82, 2.24) is 15.5 Å². The van der Waals surface area contributed by atoms with Crippen molar-refractivity contribution in [2.45, 2.75) is 45.7 Å². The molecule has 0 aromatic carbocycles. The average molecular weight is 227 g/mol. The zero-order chi connectivity index (χ0) is 12.0. The minimum atomic E-state index is -0.00560. The lowest BCUT2D eigenvalue weighted by atomic mass is 10.1. The zero-order valence-corrected chi connectivity index (χ0v) is 10.8. The Morgan fingerprint density at radius 3 is 3.00 bits per heavy atom. The van der Waals surface area contributed by atoms with Gasteiger partial charge in [-0.05, 0) is 20.3 Å². The summed E-state index contributed by atoms with van der Waals surface area (Å²) in [5.41, 5.74) is 0. The van der Waals surface area contributed by atoms with Crippen LogP contribution in [0.3, 0.4) is 0 Å². The van der Waals surface area contributed by atoms with Gasteiger partial charge in [0.1, 0.15) is 0 Å². The maximum Gasteiger partial charge on any atom is 0.237 e. The summed E-state index contributed by atoms with van der Waals surface area (Å²) >= 11 is 0. The van der Waals surface area contributed by atoms with Crippen LogP contribution >= 0.6 is 0 Å². The van der Waals surface area contributed by atoms with Gasteiger partial charge in [0.05, 0.1) is 6.04 Å². The first-order valence-electron chi connectivity index (χ1n) is 6.41. The van der Waals surface area contributed by atoms with Gasteiger partial charge in [0.15, 0.2) is 0 Å². The lowest BCUT2D eigenvalue weighted by Gasteiger charge is -2.37. The summed E-state index contributed by atoms with van der Waals surface area (Å²) in [7, 11) is 0. The maximum atomic E-state index is 11.9. The minimum absolute atomic E-state index is 0.00560. The van der Waals surface area contributed by atoms with Crippen molar-refractivity contribution in [3.8, 4) is 0 Å². The highest BCUT2D eigenvalue weighted by Crippen LogP contribution is 2.08. The van der Waals surface area contributed by atoms with E-state index in [-0.39, 0.29) is 11.9 Å². The summed E-state index contributed by atoms with van der Waals surface area (Å²) in [6, 6.07) is 0.439. The molecule has 2 unspecified atom stereocenters. The number of rotatable bonds is 5. The molecule has 1 amide bonds. The predicted molar refractivity (Wildman–Crippen MR) is 66.4 cm³/mol. The Morgan fingerprint density at radius 1 is 1.62 bits per heavy atom. The van der Waals surface area contributed by atoms with Gasteiger partial charge < -0.3 is 10.6 Å². The Labute approximate surface area is 98.8 Å². The standard InChI is InChI=1S/C12H25N3O/c1-4-5-6-14-12(16)11(3)15-8-7-13-9-10(15)2/h10-11,13H,4-9H2,1-3H3,(H,14,16). The predicted octanol–water partition coefficient (Wildman–Crippen LogP) is 0.585. The van der Waals surface area contributed by atoms with Gasteiger partial charge in [-0.2, -0.15) is 0 Å². The fourth-order valence-corrected chi connectivity index (χ4v) is 2.12. The molecule has 94 valence electrons. The normalized spacial score (nSPS) is 24.1. The summed E-state index contributed by atoms with van der Waals surface area (Å²) < 4.78 is 0. The molecular formula is C12H25N3O. The molecule has 1 aliphatic rings. The number of unbranched alkanes of at least 4 members (excludes halogenated alkanes) is 1. The molecule has 1 aliphatic heterocycles. The van der Waals surface area contributed by atoms with Crippen LogP contribution in [0.2, 0.25) is 0 Å². The number of hydrogen-bond acceptors (Lipinski definition) is 3. The van der Waals surface area contributed by atoms with E-state index in [1.54, 1.807) is 0 Å². The van der Waals surface area contributed by atoms with Crippen molar-refractivity contribution in [1.29, 1.82) is 0 Å². The molecule has 0 aromatic rings. The van der Waals surface area contributed by atoms with E-state index in [9.17, 15) is 4.79 Å². The molecule has 0 aromatic heterocycles. The van der Waals surface area contributed by atoms with E-state index in [4.69, 9.17) is 0 Å². The van der Waals surface area contributed by atoms with Crippen LogP contribution in [-0.4, -0.2) is 49.1 Å². The second-order valence-electron chi connectivity index (χ2n) is 4.61.